The molecule has 0 aliphatic rings. The van der Waals surface area contributed by atoms with Crippen molar-refractivity contribution in [2.45, 2.75) is 0 Å². The van der Waals surface area contributed by atoms with E-state index in [9.17, 15) is 0 Å². The van der Waals surface area contributed by atoms with E-state index >= 15 is 0 Å². The lowest BCUT2D eigenvalue weighted by atomic mass is 9.97. The van der Waals surface area contributed by atoms with Crippen molar-refractivity contribution in [3.63, 3.8) is 0 Å². The van der Waals surface area contributed by atoms with Gasteiger partial charge < -0.3 is 13.7 Å². The molecule has 0 atom stereocenters. The van der Waals surface area contributed by atoms with Crippen LogP contribution in [0, 0.1) is 0 Å². The molecule has 75 heavy (non-hydrogen) atoms. The van der Waals surface area contributed by atoms with Gasteiger partial charge in [-0.2, -0.15) is 0 Å². The topological polar surface area (TPSA) is 14.8 Å². The van der Waals surface area contributed by atoms with Crippen LogP contribution in [0.1, 0.15) is 0 Å². The molecule has 0 spiro atoms. The first-order chi connectivity index (χ1) is 37.2. The Kier molecular flexibility index (Phi) is 9.89. The summed E-state index contributed by atoms with van der Waals surface area (Å²) in [6.45, 7) is 0. The molecule has 0 unspecified atom stereocenters. The van der Waals surface area contributed by atoms with E-state index in [1.807, 2.05) is 0 Å². The van der Waals surface area contributed by atoms with Crippen molar-refractivity contribution in [3.8, 4) is 72.7 Å². The number of fused-ring (bicyclic) bond motifs is 9. The summed E-state index contributed by atoms with van der Waals surface area (Å²) in [5.74, 6) is 0. The summed E-state index contributed by atoms with van der Waals surface area (Å²) in [6.07, 6.45) is 0. The fraction of sp³-hybridized carbons (Fsp3) is 0. The van der Waals surface area contributed by atoms with Gasteiger partial charge in [0.15, 0.2) is 0 Å². The highest BCUT2D eigenvalue weighted by Gasteiger charge is 2.18. The zero-order chi connectivity index (χ0) is 49.4. The predicted octanol–water partition coefficient (Wildman–Crippen LogP) is 19.3. The van der Waals surface area contributed by atoms with Gasteiger partial charge in [0.2, 0.25) is 0 Å². The van der Waals surface area contributed by atoms with Crippen molar-refractivity contribution in [3.05, 3.63) is 285 Å². The third-order valence-corrected chi connectivity index (χ3v) is 15.5. The molecule has 15 aromatic rings. The van der Waals surface area contributed by atoms with Crippen LogP contribution in [0.3, 0.4) is 0 Å². The summed E-state index contributed by atoms with van der Waals surface area (Å²) < 4.78 is 7.17. The molecule has 12 aromatic carbocycles. The first kappa shape index (κ1) is 42.7. The van der Waals surface area contributed by atoms with E-state index in [0.717, 1.165) is 5.69 Å². The molecule has 0 bridgehead atoms. The van der Waals surface area contributed by atoms with Gasteiger partial charge in [-0.05, 0) is 153 Å². The molecule has 0 N–H and O–H groups in total. The third-order valence-electron chi connectivity index (χ3n) is 15.5. The average Bonchev–Trinajstić information content (AvgIpc) is 4.17. The molecule has 0 radical (unpaired) electrons. The van der Waals surface area contributed by atoms with Gasteiger partial charge >= 0.3 is 0 Å². The van der Waals surface area contributed by atoms with E-state index < -0.39 is 0 Å². The first-order valence-corrected chi connectivity index (χ1v) is 25.8. The van der Waals surface area contributed by atoms with Crippen molar-refractivity contribution in [1.29, 1.82) is 0 Å². The van der Waals surface area contributed by atoms with Crippen LogP contribution in [0.15, 0.2) is 285 Å². The number of nitrogens with zero attached hydrogens (tertiary/aromatic N) is 3. The van der Waals surface area contributed by atoms with Crippen molar-refractivity contribution < 1.29 is 0 Å². The zero-order valence-electron chi connectivity index (χ0n) is 41.0. The zero-order valence-corrected chi connectivity index (χ0v) is 41.0. The number of aromatic nitrogens is 3. The summed E-state index contributed by atoms with van der Waals surface area (Å²) in [4.78, 5) is 0. The van der Waals surface area contributed by atoms with Crippen LogP contribution in [0.5, 0.6) is 0 Å². The Morgan fingerprint density at radius 1 is 0.147 bits per heavy atom. The Hall–Kier alpha value is -9.96. The molecule has 15 rings (SSSR count). The van der Waals surface area contributed by atoms with Gasteiger partial charge in [-0.15, -0.1) is 0 Å². The Labute approximate surface area is 434 Å². The van der Waals surface area contributed by atoms with Gasteiger partial charge in [-0.1, -0.05) is 188 Å². The Morgan fingerprint density at radius 3 is 0.733 bits per heavy atom. The maximum absolute atomic E-state index is 2.43. The molecule has 350 valence electrons. The largest absolute Gasteiger partial charge is 0.309 e. The van der Waals surface area contributed by atoms with E-state index in [0.29, 0.717) is 0 Å². The van der Waals surface area contributed by atoms with Crippen LogP contribution < -0.4 is 0 Å². The predicted molar refractivity (Wildman–Crippen MR) is 317 cm³/mol. The molecule has 3 aromatic heterocycles. The van der Waals surface area contributed by atoms with E-state index in [2.05, 4.69) is 299 Å². The van der Waals surface area contributed by atoms with Gasteiger partial charge in [0, 0.05) is 49.4 Å². The van der Waals surface area contributed by atoms with E-state index in [4.69, 9.17) is 0 Å². The standard InChI is InChI=1S/C72H47N3/c1-4-14-48(15-5-1)49-32-38-60(39-33-49)75-71-42-36-56(52-28-24-50(25-29-52)54-34-40-69-63(44-54)61-20-10-12-22-67(61)73(69)58-16-6-2-7-17-58)46-65(71)66-47-57(37-43-72(66)75)53-30-26-51(27-31-53)55-35-41-70-64(45-55)62-21-11-13-23-68(62)74(70)59-18-8-3-9-19-59/h1-47H. The van der Waals surface area contributed by atoms with E-state index in [1.165, 1.54) is 132 Å². The molecular formula is C72H47N3. The second-order valence-corrected chi connectivity index (χ2v) is 19.7. The Balaban J connectivity index is 0.802. The van der Waals surface area contributed by atoms with Gasteiger partial charge in [0.1, 0.15) is 0 Å². The van der Waals surface area contributed by atoms with Crippen molar-refractivity contribution >= 4 is 65.4 Å². The number of hydrogen-bond donors (Lipinski definition) is 0. The van der Waals surface area contributed by atoms with Gasteiger partial charge in [0.25, 0.3) is 0 Å². The minimum Gasteiger partial charge on any atom is -0.309 e. The normalized spacial score (nSPS) is 11.7. The molecule has 3 nitrogen and oxygen atoms in total. The molecule has 3 heteroatoms. The number of benzene rings is 12. The van der Waals surface area contributed by atoms with E-state index in [-0.39, 0.29) is 0 Å². The summed E-state index contributed by atoms with van der Waals surface area (Å²) in [6, 6.07) is 104. The summed E-state index contributed by atoms with van der Waals surface area (Å²) in [5, 5.41) is 7.47. The highest BCUT2D eigenvalue weighted by atomic mass is 15.0. The summed E-state index contributed by atoms with van der Waals surface area (Å²) >= 11 is 0. The average molecular weight is 954 g/mol. The monoisotopic (exact) mass is 953 g/mol. The highest BCUT2D eigenvalue weighted by molar-refractivity contribution is 6.13. The maximum atomic E-state index is 2.43. The second-order valence-electron chi connectivity index (χ2n) is 19.7. The van der Waals surface area contributed by atoms with Crippen LogP contribution in [0.25, 0.3) is 138 Å². The highest BCUT2D eigenvalue weighted by Crippen LogP contribution is 2.41. The lowest BCUT2D eigenvalue weighted by Crippen LogP contribution is -1.94. The quantitative estimate of drug-likeness (QED) is 0.144. The van der Waals surface area contributed by atoms with E-state index in [1.54, 1.807) is 0 Å². The SMILES string of the molecule is c1ccc(-c2ccc(-n3c4ccc(-c5ccc(-c6ccc7c(c6)c6ccccc6n7-c6ccccc6)cc5)cc4c4cc(-c5ccc(-c6ccc7c(c6)c6ccccc6n7-c6ccccc6)cc5)ccc43)cc2)cc1. The molecule has 0 amide bonds. The summed E-state index contributed by atoms with van der Waals surface area (Å²) in [5.41, 5.74) is 22.6. The maximum Gasteiger partial charge on any atom is 0.0541 e. The number of para-hydroxylation sites is 4. The lowest BCUT2D eigenvalue weighted by molar-refractivity contribution is 1.18. The molecule has 3 heterocycles. The molecule has 0 aliphatic carbocycles. The number of hydrogen-bond acceptors (Lipinski definition) is 0. The Morgan fingerprint density at radius 2 is 0.373 bits per heavy atom. The fourth-order valence-corrected chi connectivity index (χ4v) is 11.8. The first-order valence-electron chi connectivity index (χ1n) is 25.8. The molecule has 0 saturated carbocycles. The molecular weight excluding hydrogens is 907 g/mol. The fourth-order valence-electron chi connectivity index (χ4n) is 11.8. The smallest absolute Gasteiger partial charge is 0.0541 e. The summed E-state index contributed by atoms with van der Waals surface area (Å²) in [7, 11) is 0. The van der Waals surface area contributed by atoms with Gasteiger partial charge in [-0.25, -0.2) is 0 Å². The lowest BCUT2D eigenvalue weighted by Gasteiger charge is -2.11. The van der Waals surface area contributed by atoms with Crippen molar-refractivity contribution in [2.24, 2.45) is 0 Å². The van der Waals surface area contributed by atoms with Gasteiger partial charge in [-0.3, -0.25) is 0 Å². The van der Waals surface area contributed by atoms with Crippen LogP contribution in [-0.2, 0) is 0 Å². The number of rotatable bonds is 8. The van der Waals surface area contributed by atoms with Crippen molar-refractivity contribution in [2.75, 3.05) is 0 Å². The van der Waals surface area contributed by atoms with Crippen LogP contribution >= 0.6 is 0 Å². The van der Waals surface area contributed by atoms with Crippen LogP contribution in [0.2, 0.25) is 0 Å². The Bertz CT molecular complexity index is 4380. The van der Waals surface area contributed by atoms with Gasteiger partial charge in [0.05, 0.1) is 33.1 Å². The van der Waals surface area contributed by atoms with Crippen LogP contribution in [0.4, 0.5) is 0 Å². The molecule has 0 saturated heterocycles. The second kappa shape index (κ2) is 17.4. The minimum atomic E-state index is 1.14. The molecule has 0 aliphatic heterocycles. The minimum absolute atomic E-state index is 1.14. The third kappa shape index (κ3) is 7.12. The van der Waals surface area contributed by atoms with Crippen molar-refractivity contribution in [1.82, 2.24) is 13.7 Å². The van der Waals surface area contributed by atoms with Crippen LogP contribution in [-0.4, -0.2) is 13.7 Å². The molecule has 0 fully saturated rings.